The minimum absolute atomic E-state index is 0.137. The van der Waals surface area contributed by atoms with Crippen LogP contribution in [0.15, 0.2) is 42.5 Å². The van der Waals surface area contributed by atoms with Gasteiger partial charge in [0.2, 0.25) is 0 Å². The zero-order valence-corrected chi connectivity index (χ0v) is 12.9. The SMILES string of the molecule is CCCCCS(=O)CC(N)c1ccc2ccccc2c1. The highest BCUT2D eigenvalue weighted by Crippen LogP contribution is 2.20. The molecule has 0 saturated heterocycles. The van der Waals surface area contributed by atoms with Crippen molar-refractivity contribution in [2.75, 3.05) is 11.5 Å². The number of fused-ring (bicyclic) bond motifs is 1. The molecule has 0 saturated carbocycles. The average Bonchev–Trinajstić information content (AvgIpc) is 2.47. The summed E-state index contributed by atoms with van der Waals surface area (Å²) >= 11 is 0. The summed E-state index contributed by atoms with van der Waals surface area (Å²) in [6.07, 6.45) is 3.35. The summed E-state index contributed by atoms with van der Waals surface area (Å²) in [5.74, 6) is 1.33. The number of hydrogen-bond donors (Lipinski definition) is 1. The molecule has 20 heavy (non-hydrogen) atoms. The van der Waals surface area contributed by atoms with E-state index in [4.69, 9.17) is 5.73 Å². The molecule has 2 aromatic carbocycles. The molecular weight excluding hydrogens is 266 g/mol. The van der Waals surface area contributed by atoms with Gasteiger partial charge in [0.25, 0.3) is 0 Å². The molecule has 2 rings (SSSR count). The van der Waals surface area contributed by atoms with Crippen molar-refractivity contribution in [3.8, 4) is 0 Å². The monoisotopic (exact) mass is 289 g/mol. The number of unbranched alkanes of at least 4 members (excludes halogenated alkanes) is 2. The summed E-state index contributed by atoms with van der Waals surface area (Å²) in [4.78, 5) is 0. The van der Waals surface area contributed by atoms with Crippen molar-refractivity contribution in [3.63, 3.8) is 0 Å². The molecule has 0 fully saturated rings. The van der Waals surface area contributed by atoms with E-state index in [1.165, 1.54) is 10.8 Å². The predicted octanol–water partition coefficient (Wildman–Crippen LogP) is 3.78. The van der Waals surface area contributed by atoms with Crippen molar-refractivity contribution >= 4 is 21.6 Å². The van der Waals surface area contributed by atoms with E-state index < -0.39 is 10.8 Å². The van der Waals surface area contributed by atoms with E-state index in [1.807, 2.05) is 12.1 Å². The molecule has 2 atom stereocenters. The van der Waals surface area contributed by atoms with Crippen LogP contribution in [0.4, 0.5) is 0 Å². The van der Waals surface area contributed by atoms with Gasteiger partial charge in [-0.2, -0.15) is 0 Å². The zero-order valence-electron chi connectivity index (χ0n) is 12.0. The average molecular weight is 289 g/mol. The number of hydrogen-bond acceptors (Lipinski definition) is 2. The van der Waals surface area contributed by atoms with Gasteiger partial charge in [0.05, 0.1) is 0 Å². The second-order valence-corrected chi connectivity index (χ2v) is 6.85. The van der Waals surface area contributed by atoms with Crippen molar-refractivity contribution in [1.82, 2.24) is 0 Å². The third kappa shape index (κ3) is 4.15. The van der Waals surface area contributed by atoms with E-state index in [0.29, 0.717) is 5.75 Å². The van der Waals surface area contributed by atoms with Gasteiger partial charge in [-0.3, -0.25) is 4.21 Å². The van der Waals surface area contributed by atoms with E-state index in [9.17, 15) is 4.21 Å². The van der Waals surface area contributed by atoms with Crippen molar-refractivity contribution in [2.45, 2.75) is 32.2 Å². The molecule has 0 amide bonds. The molecule has 2 nitrogen and oxygen atoms in total. The van der Waals surface area contributed by atoms with Crippen molar-refractivity contribution in [3.05, 3.63) is 48.0 Å². The van der Waals surface area contributed by atoms with Gasteiger partial charge in [-0.1, -0.05) is 56.2 Å². The fraction of sp³-hybridized carbons (Fsp3) is 0.412. The predicted molar refractivity (Wildman–Crippen MR) is 88.3 cm³/mol. The fourth-order valence-electron chi connectivity index (χ4n) is 2.33. The Morgan fingerprint density at radius 2 is 1.85 bits per heavy atom. The van der Waals surface area contributed by atoms with Gasteiger partial charge < -0.3 is 5.73 Å². The highest BCUT2D eigenvalue weighted by molar-refractivity contribution is 7.85. The molecule has 108 valence electrons. The molecule has 0 bridgehead atoms. The number of benzene rings is 2. The molecule has 0 aromatic heterocycles. The van der Waals surface area contributed by atoms with Gasteiger partial charge >= 0.3 is 0 Å². The Morgan fingerprint density at radius 3 is 2.60 bits per heavy atom. The fourth-order valence-corrected chi connectivity index (χ4v) is 3.62. The second-order valence-electron chi connectivity index (χ2n) is 5.23. The minimum atomic E-state index is -0.811. The standard InChI is InChI=1S/C17H23NOS/c1-2-3-6-11-20(19)13-17(18)16-10-9-14-7-4-5-8-15(14)12-16/h4-5,7-10,12,17H,2-3,6,11,13,18H2,1H3. The van der Waals surface area contributed by atoms with Gasteiger partial charge in [-0.05, 0) is 28.8 Å². The molecule has 2 aromatic rings. The molecule has 0 spiro atoms. The van der Waals surface area contributed by atoms with Crippen LogP contribution < -0.4 is 5.73 Å². The highest BCUT2D eigenvalue weighted by Gasteiger charge is 2.10. The Morgan fingerprint density at radius 1 is 1.10 bits per heavy atom. The zero-order chi connectivity index (χ0) is 14.4. The van der Waals surface area contributed by atoms with Crippen LogP contribution in [0.1, 0.15) is 37.8 Å². The van der Waals surface area contributed by atoms with Crippen molar-refractivity contribution < 1.29 is 4.21 Å². The third-order valence-electron chi connectivity index (χ3n) is 3.54. The lowest BCUT2D eigenvalue weighted by atomic mass is 10.0. The molecule has 0 aliphatic heterocycles. The summed E-state index contributed by atoms with van der Waals surface area (Å²) < 4.78 is 12.0. The summed E-state index contributed by atoms with van der Waals surface area (Å²) in [7, 11) is -0.811. The molecule has 3 heteroatoms. The van der Waals surface area contributed by atoms with Crippen LogP contribution in [-0.4, -0.2) is 15.7 Å². The number of nitrogens with two attached hydrogens (primary N) is 1. The second kappa shape index (κ2) is 7.55. The molecule has 2 unspecified atom stereocenters. The summed E-state index contributed by atoms with van der Waals surface area (Å²) in [6, 6.07) is 14.4. The first-order chi connectivity index (χ1) is 9.70. The molecular formula is C17H23NOS. The van der Waals surface area contributed by atoms with Crippen molar-refractivity contribution in [1.29, 1.82) is 0 Å². The molecule has 0 heterocycles. The van der Waals surface area contributed by atoms with Crippen LogP contribution in [0.3, 0.4) is 0 Å². The largest absolute Gasteiger partial charge is 0.323 e. The molecule has 0 radical (unpaired) electrons. The molecule has 0 aliphatic carbocycles. The number of rotatable bonds is 7. The molecule has 2 N–H and O–H groups in total. The van der Waals surface area contributed by atoms with Crippen LogP contribution in [-0.2, 0) is 10.8 Å². The topological polar surface area (TPSA) is 43.1 Å². The Bertz CT molecular complexity index is 582. The van der Waals surface area contributed by atoms with Gasteiger partial charge in [-0.25, -0.2) is 0 Å². The van der Waals surface area contributed by atoms with Gasteiger partial charge in [0.1, 0.15) is 0 Å². The quantitative estimate of drug-likeness (QED) is 0.788. The van der Waals surface area contributed by atoms with Gasteiger partial charge in [-0.15, -0.1) is 0 Å². The Kier molecular flexibility index (Phi) is 5.74. The van der Waals surface area contributed by atoms with Crippen LogP contribution in [0, 0.1) is 0 Å². The normalized spacial score (nSPS) is 14.3. The van der Waals surface area contributed by atoms with E-state index in [2.05, 4.69) is 37.3 Å². The maximum atomic E-state index is 12.0. The van der Waals surface area contributed by atoms with Gasteiger partial charge in [0.15, 0.2) is 0 Å². The van der Waals surface area contributed by atoms with E-state index >= 15 is 0 Å². The van der Waals surface area contributed by atoms with Crippen molar-refractivity contribution in [2.24, 2.45) is 5.73 Å². The minimum Gasteiger partial charge on any atom is -0.323 e. The lowest BCUT2D eigenvalue weighted by molar-refractivity contribution is 0.668. The maximum absolute atomic E-state index is 12.0. The van der Waals surface area contributed by atoms with E-state index in [-0.39, 0.29) is 6.04 Å². The van der Waals surface area contributed by atoms with Crippen LogP contribution in [0.5, 0.6) is 0 Å². The molecule has 0 aliphatic rings. The van der Waals surface area contributed by atoms with Gasteiger partial charge in [0, 0.05) is 28.3 Å². The lowest BCUT2D eigenvalue weighted by Gasteiger charge is -2.12. The van der Waals surface area contributed by atoms with Crippen LogP contribution in [0.25, 0.3) is 10.8 Å². The van der Waals surface area contributed by atoms with Crippen LogP contribution >= 0.6 is 0 Å². The summed E-state index contributed by atoms with van der Waals surface area (Å²) in [6.45, 7) is 2.16. The first-order valence-corrected chi connectivity index (χ1v) is 8.78. The third-order valence-corrected chi connectivity index (χ3v) is 5.02. The first kappa shape index (κ1) is 15.2. The smallest absolute Gasteiger partial charge is 0.0428 e. The first-order valence-electron chi connectivity index (χ1n) is 7.30. The van der Waals surface area contributed by atoms with Crippen LogP contribution in [0.2, 0.25) is 0 Å². The maximum Gasteiger partial charge on any atom is 0.0428 e. The van der Waals surface area contributed by atoms with E-state index in [0.717, 1.165) is 30.6 Å². The lowest BCUT2D eigenvalue weighted by Crippen LogP contribution is -2.19. The Labute approximate surface area is 123 Å². The Hall–Kier alpha value is -1.19. The Balaban J connectivity index is 2.00. The summed E-state index contributed by atoms with van der Waals surface area (Å²) in [5, 5.41) is 2.41. The van der Waals surface area contributed by atoms with E-state index in [1.54, 1.807) is 0 Å². The summed E-state index contributed by atoms with van der Waals surface area (Å²) in [5.41, 5.74) is 7.27. The highest BCUT2D eigenvalue weighted by atomic mass is 32.2.